The molecular formula is C9H15NO. The third-order valence-electron chi connectivity index (χ3n) is 1.96. The lowest BCUT2D eigenvalue weighted by molar-refractivity contribution is -0.114. The van der Waals surface area contributed by atoms with E-state index in [0.29, 0.717) is 6.42 Å². The van der Waals surface area contributed by atoms with Crippen molar-refractivity contribution in [1.82, 2.24) is 4.90 Å². The van der Waals surface area contributed by atoms with Crippen LogP contribution in [0.25, 0.3) is 0 Å². The second-order valence-corrected chi connectivity index (χ2v) is 2.88. The van der Waals surface area contributed by atoms with Crippen LogP contribution in [0.3, 0.4) is 0 Å². The van der Waals surface area contributed by atoms with Gasteiger partial charge in [0.1, 0.15) is 0 Å². The van der Waals surface area contributed by atoms with Crippen LogP contribution in [-0.2, 0) is 4.79 Å². The smallest absolute Gasteiger partial charge is 0.156 e. The van der Waals surface area contributed by atoms with E-state index in [9.17, 15) is 4.79 Å². The van der Waals surface area contributed by atoms with E-state index in [0.717, 1.165) is 13.1 Å². The lowest BCUT2D eigenvalue weighted by Gasteiger charge is -2.09. The van der Waals surface area contributed by atoms with Crippen LogP contribution in [-0.4, -0.2) is 23.8 Å². The monoisotopic (exact) mass is 153 g/mol. The normalized spacial score (nSPS) is 18.1. The molecule has 0 atom stereocenters. The number of rotatable bonds is 3. The molecule has 2 heteroatoms. The first-order valence-electron chi connectivity index (χ1n) is 4.28. The van der Waals surface area contributed by atoms with Crippen molar-refractivity contribution in [1.29, 1.82) is 0 Å². The van der Waals surface area contributed by atoms with Crippen LogP contribution < -0.4 is 0 Å². The number of hydrogen-bond acceptors (Lipinski definition) is 2. The number of likely N-dealkylation sites (tertiary alicyclic amines) is 1. The topological polar surface area (TPSA) is 20.3 Å². The van der Waals surface area contributed by atoms with Crippen LogP contribution in [0.15, 0.2) is 12.3 Å². The second kappa shape index (κ2) is 4.16. The van der Waals surface area contributed by atoms with Crippen molar-refractivity contribution in [2.45, 2.75) is 26.2 Å². The highest BCUT2D eigenvalue weighted by molar-refractivity contribution is 5.89. The van der Waals surface area contributed by atoms with E-state index in [1.54, 1.807) is 6.08 Å². The highest BCUT2D eigenvalue weighted by Gasteiger charge is 2.06. The van der Waals surface area contributed by atoms with Gasteiger partial charge in [-0.2, -0.15) is 0 Å². The SMILES string of the molecule is CCC(=O)/C=C\N1CCCC1. The summed E-state index contributed by atoms with van der Waals surface area (Å²) in [5.74, 6) is 0.219. The molecule has 0 aromatic carbocycles. The first-order chi connectivity index (χ1) is 5.33. The number of ketones is 1. The Kier molecular flexibility index (Phi) is 3.14. The van der Waals surface area contributed by atoms with Gasteiger partial charge >= 0.3 is 0 Å². The standard InChI is InChI=1S/C9H15NO/c1-2-9(11)5-8-10-6-3-4-7-10/h5,8H,2-4,6-7H2,1H3/b8-5-. The first kappa shape index (κ1) is 8.31. The van der Waals surface area contributed by atoms with Crippen LogP contribution >= 0.6 is 0 Å². The Hall–Kier alpha value is -0.790. The van der Waals surface area contributed by atoms with Crippen molar-refractivity contribution >= 4 is 5.78 Å². The third kappa shape index (κ3) is 2.74. The van der Waals surface area contributed by atoms with Gasteiger partial charge < -0.3 is 4.90 Å². The van der Waals surface area contributed by atoms with Crippen LogP contribution in [0.1, 0.15) is 26.2 Å². The zero-order valence-corrected chi connectivity index (χ0v) is 7.05. The molecule has 1 fully saturated rings. The molecule has 0 unspecified atom stereocenters. The molecule has 1 aliphatic rings. The van der Waals surface area contributed by atoms with Gasteiger partial charge in [-0.25, -0.2) is 0 Å². The minimum absolute atomic E-state index is 0.219. The second-order valence-electron chi connectivity index (χ2n) is 2.88. The van der Waals surface area contributed by atoms with Gasteiger partial charge in [0, 0.05) is 25.7 Å². The molecule has 0 aliphatic carbocycles. The van der Waals surface area contributed by atoms with E-state index in [1.165, 1.54) is 12.8 Å². The van der Waals surface area contributed by atoms with Gasteiger partial charge in [-0.3, -0.25) is 4.79 Å². The quantitative estimate of drug-likeness (QED) is 0.574. The Bertz CT molecular complexity index is 157. The van der Waals surface area contributed by atoms with Gasteiger partial charge in [-0.05, 0) is 18.9 Å². The van der Waals surface area contributed by atoms with Crippen molar-refractivity contribution in [2.24, 2.45) is 0 Å². The molecule has 0 aromatic rings. The van der Waals surface area contributed by atoms with E-state index in [-0.39, 0.29) is 5.78 Å². The van der Waals surface area contributed by atoms with E-state index < -0.39 is 0 Å². The Balaban J connectivity index is 2.27. The van der Waals surface area contributed by atoms with Crippen molar-refractivity contribution in [2.75, 3.05) is 13.1 Å². The summed E-state index contributed by atoms with van der Waals surface area (Å²) in [4.78, 5) is 13.1. The molecule has 1 aliphatic heterocycles. The fourth-order valence-electron chi connectivity index (χ4n) is 1.20. The largest absolute Gasteiger partial charge is 0.377 e. The Labute approximate surface area is 67.9 Å². The van der Waals surface area contributed by atoms with Crippen LogP contribution in [0.2, 0.25) is 0 Å². The number of carbonyl (C=O) groups excluding carboxylic acids is 1. The fourth-order valence-corrected chi connectivity index (χ4v) is 1.20. The Morgan fingerprint density at radius 3 is 2.64 bits per heavy atom. The molecule has 0 radical (unpaired) electrons. The molecule has 1 saturated heterocycles. The van der Waals surface area contributed by atoms with E-state index in [4.69, 9.17) is 0 Å². The molecule has 1 rings (SSSR count). The summed E-state index contributed by atoms with van der Waals surface area (Å²) in [6.07, 6.45) is 6.77. The molecule has 0 spiro atoms. The summed E-state index contributed by atoms with van der Waals surface area (Å²) in [5, 5.41) is 0. The van der Waals surface area contributed by atoms with Crippen molar-refractivity contribution in [3.63, 3.8) is 0 Å². The summed E-state index contributed by atoms with van der Waals surface area (Å²) in [5.41, 5.74) is 0. The maximum atomic E-state index is 10.9. The molecule has 0 amide bonds. The van der Waals surface area contributed by atoms with Gasteiger partial charge in [0.05, 0.1) is 0 Å². The third-order valence-corrected chi connectivity index (χ3v) is 1.96. The van der Waals surface area contributed by atoms with Crippen molar-refractivity contribution < 1.29 is 4.79 Å². The summed E-state index contributed by atoms with van der Waals surface area (Å²) < 4.78 is 0. The lowest BCUT2D eigenvalue weighted by atomic mass is 10.3. The molecule has 0 bridgehead atoms. The molecule has 0 saturated carbocycles. The van der Waals surface area contributed by atoms with Gasteiger partial charge in [0.15, 0.2) is 5.78 Å². The van der Waals surface area contributed by atoms with Gasteiger partial charge in [-0.1, -0.05) is 6.92 Å². The summed E-state index contributed by atoms with van der Waals surface area (Å²) >= 11 is 0. The predicted molar refractivity (Wildman–Crippen MR) is 45.2 cm³/mol. The molecule has 0 aromatic heterocycles. The average Bonchev–Trinajstić information content (AvgIpc) is 2.52. The molecule has 0 N–H and O–H groups in total. The minimum Gasteiger partial charge on any atom is -0.377 e. The number of carbonyl (C=O) groups is 1. The molecule has 2 nitrogen and oxygen atoms in total. The van der Waals surface area contributed by atoms with E-state index in [2.05, 4.69) is 4.90 Å². The highest BCUT2D eigenvalue weighted by Crippen LogP contribution is 2.07. The van der Waals surface area contributed by atoms with Crippen LogP contribution in [0.4, 0.5) is 0 Å². The summed E-state index contributed by atoms with van der Waals surface area (Å²) in [6, 6.07) is 0. The van der Waals surface area contributed by atoms with Crippen molar-refractivity contribution in [3.8, 4) is 0 Å². The zero-order chi connectivity index (χ0) is 8.10. The number of hydrogen-bond donors (Lipinski definition) is 0. The van der Waals surface area contributed by atoms with Crippen molar-refractivity contribution in [3.05, 3.63) is 12.3 Å². The number of nitrogens with zero attached hydrogens (tertiary/aromatic N) is 1. The molecular weight excluding hydrogens is 138 g/mol. The van der Waals surface area contributed by atoms with Crippen LogP contribution in [0, 0.1) is 0 Å². The number of allylic oxidation sites excluding steroid dienone is 1. The molecule has 1 heterocycles. The Morgan fingerprint density at radius 2 is 2.09 bits per heavy atom. The van der Waals surface area contributed by atoms with Gasteiger partial charge in [0.2, 0.25) is 0 Å². The Morgan fingerprint density at radius 1 is 1.45 bits per heavy atom. The van der Waals surface area contributed by atoms with E-state index in [1.807, 2.05) is 13.1 Å². The molecule has 62 valence electrons. The van der Waals surface area contributed by atoms with Crippen LogP contribution in [0.5, 0.6) is 0 Å². The van der Waals surface area contributed by atoms with E-state index >= 15 is 0 Å². The average molecular weight is 153 g/mol. The lowest BCUT2D eigenvalue weighted by Crippen LogP contribution is -2.11. The zero-order valence-electron chi connectivity index (χ0n) is 7.05. The van der Waals surface area contributed by atoms with Gasteiger partial charge in [0.25, 0.3) is 0 Å². The maximum Gasteiger partial charge on any atom is 0.156 e. The fraction of sp³-hybridized carbons (Fsp3) is 0.667. The minimum atomic E-state index is 0.219. The first-order valence-corrected chi connectivity index (χ1v) is 4.28. The van der Waals surface area contributed by atoms with Gasteiger partial charge in [-0.15, -0.1) is 0 Å². The molecule has 11 heavy (non-hydrogen) atoms. The highest BCUT2D eigenvalue weighted by atomic mass is 16.1. The summed E-state index contributed by atoms with van der Waals surface area (Å²) in [7, 11) is 0. The summed E-state index contributed by atoms with van der Waals surface area (Å²) in [6.45, 7) is 4.12. The predicted octanol–water partition coefficient (Wildman–Crippen LogP) is 1.57. The maximum absolute atomic E-state index is 10.9.